The number of aromatic hydroxyl groups is 2. The van der Waals surface area contributed by atoms with Crippen molar-refractivity contribution >= 4 is 117 Å². The number of carbonyl (C=O) groups excluding carboxylic acids is 15. The van der Waals surface area contributed by atoms with Crippen LogP contribution < -0.4 is 53.6 Å². The number of carbonyl (C=O) groups is 16. The molecule has 0 unspecified atom stereocenters. The monoisotopic (exact) mass is 1810 g/mol. The molecule has 0 aliphatic carbocycles. The van der Waals surface area contributed by atoms with Crippen LogP contribution in [0.2, 0.25) is 0 Å². The molecule has 0 spiro atoms. The summed E-state index contributed by atoms with van der Waals surface area (Å²) in [5, 5.41) is 55.7. The Labute approximate surface area is 759 Å². The Morgan fingerprint density at radius 2 is 0.908 bits per heavy atom. The van der Waals surface area contributed by atoms with Gasteiger partial charge in [-0.05, 0) is 87.9 Å². The fourth-order valence-corrected chi connectivity index (χ4v) is 15.9. The minimum absolute atomic E-state index is 0.0275. The molecule has 11 atom stereocenters. The Bertz CT molecular complexity index is 5120. The highest BCUT2D eigenvalue weighted by atomic mass is 32.2. The largest absolute Gasteiger partial charge is 0.508 e. The molecule has 1 aliphatic heterocycles. The number of hydrogen-bond acceptors (Lipinski definition) is 19. The Balaban J connectivity index is 1.22. The van der Waals surface area contributed by atoms with Crippen molar-refractivity contribution in [1.82, 2.24) is 77.3 Å². The van der Waals surface area contributed by atoms with E-state index in [1.165, 1.54) is 93.6 Å². The third kappa shape index (κ3) is 30.5. The summed E-state index contributed by atoms with van der Waals surface area (Å²) in [6.45, 7) is 7.79. The van der Waals surface area contributed by atoms with E-state index >= 15 is 38.4 Å². The van der Waals surface area contributed by atoms with E-state index in [0.717, 1.165) is 26.5 Å². The number of aromatic nitrogens is 1. The van der Waals surface area contributed by atoms with Crippen molar-refractivity contribution in [3.63, 3.8) is 0 Å². The number of nitrogens with zero attached hydrogens (tertiary/aromatic N) is 5. The molecule has 130 heavy (non-hydrogen) atoms. The van der Waals surface area contributed by atoms with Crippen LogP contribution in [0, 0.1) is 11.3 Å². The van der Waals surface area contributed by atoms with Gasteiger partial charge in [-0.3, -0.25) is 76.7 Å². The minimum atomic E-state index is -1.92. The van der Waals surface area contributed by atoms with Gasteiger partial charge in [0.1, 0.15) is 78.0 Å². The molecule has 1 fully saturated rings. The Kier molecular flexibility index (Phi) is 37.9. The van der Waals surface area contributed by atoms with Gasteiger partial charge in [0.25, 0.3) is 0 Å². The summed E-state index contributed by atoms with van der Waals surface area (Å²) in [7, 11) is 6.54. The third-order valence-electron chi connectivity index (χ3n) is 22.2. The minimum Gasteiger partial charge on any atom is -0.508 e. The van der Waals surface area contributed by atoms with Crippen molar-refractivity contribution in [2.24, 2.45) is 17.1 Å². The molecule has 7 aromatic rings. The van der Waals surface area contributed by atoms with Crippen molar-refractivity contribution in [1.29, 1.82) is 0 Å². The number of hydrogen-bond donors (Lipinski definition) is 14. The van der Waals surface area contributed by atoms with Gasteiger partial charge in [0.15, 0.2) is 0 Å². The number of primary amides is 1. The average molecular weight is 1810 g/mol. The highest BCUT2D eigenvalue weighted by molar-refractivity contribution is 8.00. The van der Waals surface area contributed by atoms with E-state index in [2.05, 4.69) is 52.8 Å². The lowest BCUT2D eigenvalue weighted by Gasteiger charge is -2.37. The summed E-state index contributed by atoms with van der Waals surface area (Å²) in [4.78, 5) is 244. The zero-order valence-electron chi connectivity index (χ0n) is 75.0. The van der Waals surface area contributed by atoms with Crippen molar-refractivity contribution in [2.45, 2.75) is 179 Å². The van der Waals surface area contributed by atoms with Gasteiger partial charge in [0.2, 0.25) is 88.6 Å². The van der Waals surface area contributed by atoms with Crippen LogP contribution in [0.4, 0.5) is 0 Å². The number of aromatic amines is 1. The first-order chi connectivity index (χ1) is 61.7. The van der Waals surface area contributed by atoms with Crippen LogP contribution in [-0.4, -0.2) is 272 Å². The number of unbranched alkanes of at least 4 members (excludes halogenated alkanes) is 1. The third-order valence-corrected chi connectivity index (χ3v) is 23.3. The lowest BCUT2D eigenvalue weighted by Crippen LogP contribution is -2.62. The molecule has 36 heteroatoms. The lowest BCUT2D eigenvalue weighted by molar-refractivity contribution is -0.151. The number of likely N-dealkylation sites (N-methyl/N-ethyl adjacent to an activating group) is 5. The zero-order valence-corrected chi connectivity index (χ0v) is 75.8. The molecule has 1 aromatic heterocycles. The summed E-state index contributed by atoms with van der Waals surface area (Å²) in [6.07, 6.45) is 0.0605. The molecule has 0 saturated carbocycles. The summed E-state index contributed by atoms with van der Waals surface area (Å²) < 4.78 is 0. The number of nitrogens with two attached hydrogens (primary N) is 1. The first kappa shape index (κ1) is 102. The number of nitrogens with one attached hydrogen (secondary N) is 10. The number of thioether (sulfide) groups is 1. The number of para-hydroxylation sites is 1. The van der Waals surface area contributed by atoms with Gasteiger partial charge in [-0.1, -0.05) is 188 Å². The maximum absolute atomic E-state index is 15.5. The molecule has 8 rings (SSSR count). The number of phenolic OH excluding ortho intramolecular Hbond substituents is 2. The van der Waals surface area contributed by atoms with E-state index in [4.69, 9.17) is 5.73 Å². The Morgan fingerprint density at radius 1 is 0.469 bits per heavy atom. The summed E-state index contributed by atoms with van der Waals surface area (Å²) in [6, 6.07) is 27.2. The van der Waals surface area contributed by atoms with E-state index in [-0.39, 0.29) is 74.5 Å². The predicted molar refractivity (Wildman–Crippen MR) is 487 cm³/mol. The van der Waals surface area contributed by atoms with Crippen molar-refractivity contribution in [3.8, 4) is 11.5 Å². The Morgan fingerprint density at radius 3 is 1.44 bits per heavy atom. The molecule has 1 aliphatic rings. The second-order valence-corrected chi connectivity index (χ2v) is 35.2. The number of H-pyrrole nitrogens is 1. The molecule has 696 valence electrons. The van der Waals surface area contributed by atoms with Gasteiger partial charge in [0.05, 0.1) is 31.8 Å². The SMILES string of the molecule is CCCC[C@H]1C(=O)N(C)CC(=O)N[C@@H](CC(=O)O)C(=O)N[C@@H](C(C)(C)C)C(=O)N(C)[C@@H](Cc2ccccc2)C(=O)N[C@@H](Cc2ccc(O)cc2)C(=O)N(C)CC(=O)N[C@@H](Cc2c[nH]c3ccccc23)C(=O)N[C@@H](Cc2ccc(O)cc2)C(=O)N[C@@H](CC(C)C)C(=O)N[C@H](C(=O)NCC(N)=O)CSCC(=O)N[C@@H](Cc2ccccc2)C(=O)N(C)[C@@H](Cc2ccccc2)C(=O)N1C. The number of carboxylic acid groups (broad SMARTS) is 1. The van der Waals surface area contributed by atoms with Crippen molar-refractivity contribution in [2.75, 3.05) is 66.4 Å². The van der Waals surface area contributed by atoms with Gasteiger partial charge in [-0.15, -0.1) is 11.8 Å². The van der Waals surface area contributed by atoms with E-state index in [9.17, 15) is 53.7 Å². The van der Waals surface area contributed by atoms with Gasteiger partial charge < -0.3 is 98.4 Å². The van der Waals surface area contributed by atoms with E-state index in [1.807, 2.05) is 6.92 Å². The number of fused-ring (bicyclic) bond motifs is 1. The molecule has 6 aromatic carbocycles. The predicted octanol–water partition coefficient (Wildman–Crippen LogP) is 2.72. The highest BCUT2D eigenvalue weighted by Gasteiger charge is 2.44. The maximum atomic E-state index is 15.5. The van der Waals surface area contributed by atoms with E-state index in [1.54, 1.807) is 156 Å². The van der Waals surface area contributed by atoms with Crippen LogP contribution in [0.15, 0.2) is 170 Å². The normalized spacial score (nSPS) is 21.9. The standard InChI is InChI=1S/C94H120N16O19S/c1-12-13-33-74-91(127)107(8)53-79(115)99-70(49-81(117)118)87(123)105-82(94(4,5)6)93(129)109(10)75(46-58-27-19-15-20-28-58)88(124)103-71(45-61-36-40-64(112)41-37-61)89(125)106(7)52-78(114)98-69(48-62-50-96-66-32-24-23-31-65(62)66)86(122)102-68(43-60-34-38-63(111)39-35-60)85(121)101-67(42-56(2)3)84(120)104-73(83(119)97-51-77(95)113)54-130-55-80(116)100-72(44-57-25-17-14-18-26-57)90(126)110(11)76(92(128)108(74)9)47-59-29-21-16-22-30-59/h14-32,34-41,50,56,67-76,82,96,111-112H,12-13,33,42-49,51-55H2,1-11H3,(H2,95,113)(H,97,119)(H,98,114)(H,99,115)(H,100,116)(H,101,121)(H,102,122)(H,103,124)(H,104,120)(H,105,123)(H,117,118)/t67-,68-,69-,70-,71-,72-,73-,74-,75-,76-,82+/m0/s1. The molecule has 1 saturated heterocycles. The van der Waals surface area contributed by atoms with E-state index in [0.29, 0.717) is 57.1 Å². The van der Waals surface area contributed by atoms with Gasteiger partial charge in [-0.25, -0.2) is 0 Å². The van der Waals surface area contributed by atoms with Crippen LogP contribution in [-0.2, 0) is 115 Å². The molecule has 0 radical (unpaired) electrons. The van der Waals surface area contributed by atoms with Crippen LogP contribution in [0.25, 0.3) is 10.9 Å². The lowest BCUT2D eigenvalue weighted by atomic mass is 9.85. The summed E-state index contributed by atoms with van der Waals surface area (Å²) in [5.41, 5.74) is 7.85. The van der Waals surface area contributed by atoms with Gasteiger partial charge >= 0.3 is 5.97 Å². The first-order valence-corrected chi connectivity index (χ1v) is 44.1. The molecule has 0 bridgehead atoms. The topological polar surface area (TPSA) is 500 Å². The van der Waals surface area contributed by atoms with Crippen LogP contribution in [0.5, 0.6) is 11.5 Å². The summed E-state index contributed by atoms with van der Waals surface area (Å²) in [5.74, 6) is -16.7. The molecule has 35 nitrogen and oxygen atoms in total. The number of benzene rings is 6. The Hall–Kier alpha value is -13.7. The van der Waals surface area contributed by atoms with Crippen molar-refractivity contribution < 1.29 is 92.0 Å². The molecule has 2 heterocycles. The number of carboxylic acids is 1. The number of aliphatic carboxylic acids is 1. The second-order valence-electron chi connectivity index (χ2n) is 34.1. The van der Waals surface area contributed by atoms with Gasteiger partial charge in [0, 0.05) is 96.6 Å². The molecular formula is C94H120N16O19S. The first-order valence-electron chi connectivity index (χ1n) is 43.0. The van der Waals surface area contributed by atoms with Crippen LogP contribution in [0.1, 0.15) is 107 Å². The molecule has 15 N–H and O–H groups in total. The number of phenols is 2. The van der Waals surface area contributed by atoms with E-state index < -0.39 is 198 Å². The average Bonchev–Trinajstić information content (AvgIpc) is 1.08. The van der Waals surface area contributed by atoms with Gasteiger partial charge in [-0.2, -0.15) is 0 Å². The fourth-order valence-electron chi connectivity index (χ4n) is 15.1. The summed E-state index contributed by atoms with van der Waals surface area (Å²) >= 11 is 0.829. The quantitative estimate of drug-likeness (QED) is 0.0464. The highest BCUT2D eigenvalue weighted by Crippen LogP contribution is 2.27. The maximum Gasteiger partial charge on any atom is 0.305 e. The number of rotatable bonds is 22. The molecular weight excluding hydrogens is 1690 g/mol. The van der Waals surface area contributed by atoms with Crippen molar-refractivity contribution in [3.05, 3.63) is 203 Å². The smallest absolute Gasteiger partial charge is 0.305 e. The number of amides is 15. The van der Waals surface area contributed by atoms with Crippen LogP contribution in [0.3, 0.4) is 0 Å². The molecule has 15 amide bonds. The van der Waals surface area contributed by atoms with Crippen LogP contribution >= 0.6 is 11.8 Å². The second kappa shape index (κ2) is 48.5. The fraction of sp³-hybridized carbons (Fsp3) is 0.426. The zero-order chi connectivity index (χ0) is 95.2.